The number of anilines is 2. The Hall–Kier alpha value is -1.42. The second-order valence-electron chi connectivity index (χ2n) is 3.19. The Bertz CT molecular complexity index is 299. The number of nitrogens with one attached hydrogen (secondary N) is 1. The van der Waals surface area contributed by atoms with Crippen molar-refractivity contribution < 1.29 is 4.74 Å². The molecule has 0 unspecified atom stereocenters. The molecule has 0 radical (unpaired) electrons. The van der Waals surface area contributed by atoms with E-state index in [0.29, 0.717) is 12.3 Å². The van der Waals surface area contributed by atoms with E-state index in [0.717, 1.165) is 11.4 Å². The molecule has 0 amide bonds. The SMILES string of the molecule is CCOc1cc(NN(C)C)ccc1N. The van der Waals surface area contributed by atoms with Crippen LogP contribution in [0.4, 0.5) is 11.4 Å². The minimum absolute atomic E-state index is 0.621. The number of ether oxygens (including phenoxy) is 1. The van der Waals surface area contributed by atoms with Crippen molar-refractivity contribution in [3.63, 3.8) is 0 Å². The monoisotopic (exact) mass is 195 g/mol. The summed E-state index contributed by atoms with van der Waals surface area (Å²) in [7, 11) is 3.85. The number of nitrogens with zero attached hydrogens (tertiary/aromatic N) is 1. The van der Waals surface area contributed by atoms with E-state index in [-0.39, 0.29) is 0 Å². The van der Waals surface area contributed by atoms with Crippen LogP contribution < -0.4 is 15.9 Å². The molecule has 0 fully saturated rings. The van der Waals surface area contributed by atoms with E-state index in [1.807, 2.05) is 44.2 Å². The molecule has 0 aliphatic heterocycles. The normalized spacial score (nSPS) is 10.3. The van der Waals surface area contributed by atoms with E-state index in [1.54, 1.807) is 0 Å². The molecule has 0 aliphatic carbocycles. The average Bonchev–Trinajstić information content (AvgIpc) is 2.10. The first-order chi connectivity index (χ1) is 6.63. The third kappa shape index (κ3) is 2.81. The van der Waals surface area contributed by atoms with Gasteiger partial charge in [-0.1, -0.05) is 0 Å². The first kappa shape index (κ1) is 10.7. The van der Waals surface area contributed by atoms with Gasteiger partial charge < -0.3 is 15.9 Å². The minimum atomic E-state index is 0.621. The minimum Gasteiger partial charge on any atom is -0.492 e. The van der Waals surface area contributed by atoms with Gasteiger partial charge in [-0.3, -0.25) is 0 Å². The van der Waals surface area contributed by atoms with E-state index in [2.05, 4.69) is 5.43 Å². The Morgan fingerprint density at radius 3 is 2.71 bits per heavy atom. The van der Waals surface area contributed by atoms with Crippen LogP contribution in [0.15, 0.2) is 18.2 Å². The fraction of sp³-hybridized carbons (Fsp3) is 0.400. The second-order valence-corrected chi connectivity index (χ2v) is 3.19. The van der Waals surface area contributed by atoms with Crippen molar-refractivity contribution >= 4 is 11.4 Å². The third-order valence-electron chi connectivity index (χ3n) is 1.67. The zero-order chi connectivity index (χ0) is 10.6. The van der Waals surface area contributed by atoms with Crippen LogP contribution in [0, 0.1) is 0 Å². The summed E-state index contributed by atoms with van der Waals surface area (Å²) in [6, 6.07) is 5.63. The van der Waals surface area contributed by atoms with Gasteiger partial charge in [0.2, 0.25) is 0 Å². The van der Waals surface area contributed by atoms with Gasteiger partial charge in [0.1, 0.15) is 5.75 Å². The van der Waals surface area contributed by atoms with Gasteiger partial charge in [0.05, 0.1) is 18.0 Å². The van der Waals surface area contributed by atoms with Crippen LogP contribution in [0.25, 0.3) is 0 Å². The highest BCUT2D eigenvalue weighted by molar-refractivity contribution is 5.61. The lowest BCUT2D eigenvalue weighted by Gasteiger charge is -2.15. The maximum atomic E-state index is 5.74. The Labute approximate surface area is 84.6 Å². The molecule has 0 aliphatic rings. The van der Waals surface area contributed by atoms with Gasteiger partial charge in [0.25, 0.3) is 0 Å². The molecule has 4 heteroatoms. The summed E-state index contributed by atoms with van der Waals surface area (Å²) in [5, 5.41) is 1.86. The number of hydrazine groups is 1. The molecule has 4 nitrogen and oxygen atoms in total. The molecule has 0 heterocycles. The molecule has 0 spiro atoms. The molecule has 78 valence electrons. The maximum Gasteiger partial charge on any atom is 0.144 e. The van der Waals surface area contributed by atoms with E-state index < -0.39 is 0 Å². The van der Waals surface area contributed by atoms with Crippen LogP contribution in [0.2, 0.25) is 0 Å². The zero-order valence-corrected chi connectivity index (χ0v) is 8.87. The summed E-state index contributed by atoms with van der Waals surface area (Å²) in [6.07, 6.45) is 0. The van der Waals surface area contributed by atoms with E-state index in [1.165, 1.54) is 0 Å². The third-order valence-corrected chi connectivity index (χ3v) is 1.67. The van der Waals surface area contributed by atoms with E-state index in [9.17, 15) is 0 Å². The molecule has 0 aromatic heterocycles. The molecule has 14 heavy (non-hydrogen) atoms. The van der Waals surface area contributed by atoms with Crippen molar-refractivity contribution in [2.75, 3.05) is 31.9 Å². The van der Waals surface area contributed by atoms with Gasteiger partial charge in [-0.05, 0) is 19.1 Å². The van der Waals surface area contributed by atoms with Gasteiger partial charge in [0.15, 0.2) is 0 Å². The highest BCUT2D eigenvalue weighted by Gasteiger charge is 2.01. The average molecular weight is 195 g/mol. The molecule has 1 aromatic carbocycles. The summed E-state index contributed by atoms with van der Waals surface area (Å²) in [4.78, 5) is 0. The largest absolute Gasteiger partial charge is 0.492 e. The van der Waals surface area contributed by atoms with Crippen LogP contribution in [0.1, 0.15) is 6.92 Å². The summed E-state index contributed by atoms with van der Waals surface area (Å²) in [5.74, 6) is 0.722. The first-order valence-corrected chi connectivity index (χ1v) is 4.59. The predicted molar refractivity (Wildman–Crippen MR) is 59.3 cm³/mol. The second kappa shape index (κ2) is 4.72. The standard InChI is InChI=1S/C10H17N3O/c1-4-14-10-7-8(12-13(2)3)5-6-9(10)11/h5-7,12H,4,11H2,1-3H3. The van der Waals surface area contributed by atoms with Crippen molar-refractivity contribution in [1.82, 2.24) is 5.01 Å². The fourth-order valence-corrected chi connectivity index (χ4v) is 1.14. The predicted octanol–water partition coefficient (Wildman–Crippen LogP) is 1.56. The number of hydrogen-bond donors (Lipinski definition) is 2. The van der Waals surface area contributed by atoms with Crippen molar-refractivity contribution in [1.29, 1.82) is 0 Å². The van der Waals surface area contributed by atoms with Gasteiger partial charge in [-0.2, -0.15) is 0 Å². The van der Waals surface area contributed by atoms with Crippen molar-refractivity contribution in [2.45, 2.75) is 6.92 Å². The summed E-state index contributed by atoms with van der Waals surface area (Å²) in [5.41, 5.74) is 10.5. The smallest absolute Gasteiger partial charge is 0.144 e. The van der Waals surface area contributed by atoms with Gasteiger partial charge >= 0.3 is 0 Å². The molecular formula is C10H17N3O. The quantitative estimate of drug-likeness (QED) is 0.565. The van der Waals surface area contributed by atoms with Crippen molar-refractivity contribution in [3.05, 3.63) is 18.2 Å². The van der Waals surface area contributed by atoms with Crippen molar-refractivity contribution in [2.24, 2.45) is 0 Å². The molecule has 0 bridgehead atoms. The molecule has 1 rings (SSSR count). The molecule has 0 saturated heterocycles. The summed E-state index contributed by atoms with van der Waals surface area (Å²) >= 11 is 0. The van der Waals surface area contributed by atoms with E-state index >= 15 is 0 Å². The first-order valence-electron chi connectivity index (χ1n) is 4.59. The fourth-order valence-electron chi connectivity index (χ4n) is 1.14. The van der Waals surface area contributed by atoms with Crippen molar-refractivity contribution in [3.8, 4) is 5.75 Å². The molecule has 0 atom stereocenters. The van der Waals surface area contributed by atoms with Gasteiger partial charge in [0, 0.05) is 20.2 Å². The zero-order valence-electron chi connectivity index (χ0n) is 8.87. The number of hydrogen-bond acceptors (Lipinski definition) is 4. The van der Waals surface area contributed by atoms with E-state index in [4.69, 9.17) is 10.5 Å². The lowest BCUT2D eigenvalue weighted by Crippen LogP contribution is -2.19. The molecular weight excluding hydrogens is 178 g/mol. The van der Waals surface area contributed by atoms with Crippen LogP contribution in [0.3, 0.4) is 0 Å². The Balaban J connectivity index is 2.83. The highest BCUT2D eigenvalue weighted by Crippen LogP contribution is 2.25. The number of benzene rings is 1. The number of rotatable bonds is 4. The Morgan fingerprint density at radius 1 is 1.43 bits per heavy atom. The highest BCUT2D eigenvalue weighted by atomic mass is 16.5. The van der Waals surface area contributed by atoms with Gasteiger partial charge in [-0.15, -0.1) is 0 Å². The Morgan fingerprint density at radius 2 is 2.14 bits per heavy atom. The Kier molecular flexibility index (Phi) is 3.59. The number of nitrogens with two attached hydrogens (primary N) is 1. The van der Waals surface area contributed by atoms with Crippen LogP contribution in [-0.4, -0.2) is 25.7 Å². The van der Waals surface area contributed by atoms with Crippen LogP contribution in [-0.2, 0) is 0 Å². The number of nitrogen functional groups attached to an aromatic ring is 1. The molecule has 0 saturated carbocycles. The summed E-state index contributed by atoms with van der Waals surface area (Å²) < 4.78 is 5.38. The topological polar surface area (TPSA) is 50.5 Å². The lowest BCUT2D eigenvalue weighted by molar-refractivity contribution is 0.342. The maximum absolute atomic E-state index is 5.74. The molecule has 1 aromatic rings. The summed E-state index contributed by atoms with van der Waals surface area (Å²) in [6.45, 7) is 2.56. The lowest BCUT2D eigenvalue weighted by atomic mass is 10.2. The van der Waals surface area contributed by atoms with Crippen LogP contribution >= 0.6 is 0 Å². The molecule has 3 N–H and O–H groups in total. The van der Waals surface area contributed by atoms with Crippen LogP contribution in [0.5, 0.6) is 5.75 Å². The van der Waals surface area contributed by atoms with Gasteiger partial charge in [-0.25, -0.2) is 5.01 Å².